The summed E-state index contributed by atoms with van der Waals surface area (Å²) in [4.78, 5) is 24.2. The summed E-state index contributed by atoms with van der Waals surface area (Å²) in [6.07, 6.45) is 0. The quantitative estimate of drug-likeness (QED) is 0.637. The molecule has 1 atom stereocenters. The molecule has 0 fully saturated rings. The largest absolute Gasteiger partial charge is 0.324 e. The first-order valence-electron chi connectivity index (χ1n) is 4.78. The van der Waals surface area contributed by atoms with Crippen LogP contribution in [0.15, 0.2) is 34.4 Å². The molecule has 3 nitrogen and oxygen atoms in total. The SMILES string of the molecule is C=C(I)C1(C)C(=O)Nc2ccccc2C1=O. The van der Waals surface area contributed by atoms with Crippen LogP contribution in [0.2, 0.25) is 0 Å². The molecule has 4 heteroatoms. The van der Waals surface area contributed by atoms with Crippen molar-refractivity contribution in [3.63, 3.8) is 0 Å². The molecule has 1 amide bonds. The summed E-state index contributed by atoms with van der Waals surface area (Å²) >= 11 is 1.93. The van der Waals surface area contributed by atoms with Crippen LogP contribution < -0.4 is 5.32 Å². The summed E-state index contributed by atoms with van der Waals surface area (Å²) < 4.78 is 0.530. The van der Waals surface area contributed by atoms with E-state index in [9.17, 15) is 9.59 Å². The maximum atomic E-state index is 12.3. The van der Waals surface area contributed by atoms with Crippen molar-refractivity contribution in [3.8, 4) is 0 Å². The lowest BCUT2D eigenvalue weighted by Crippen LogP contribution is -2.44. The van der Waals surface area contributed by atoms with Gasteiger partial charge >= 0.3 is 0 Å². The predicted octanol–water partition coefficient (Wildman–Crippen LogP) is 2.78. The molecule has 0 spiro atoms. The lowest BCUT2D eigenvalue weighted by atomic mass is 9.78. The Bertz CT molecular complexity index is 509. The van der Waals surface area contributed by atoms with Gasteiger partial charge in [0.1, 0.15) is 5.41 Å². The monoisotopic (exact) mass is 327 g/mol. The highest BCUT2D eigenvalue weighted by molar-refractivity contribution is 14.1. The molecule has 0 radical (unpaired) electrons. The van der Waals surface area contributed by atoms with E-state index in [0.717, 1.165) is 0 Å². The second-order valence-corrected chi connectivity index (χ2v) is 5.16. The minimum absolute atomic E-state index is 0.189. The summed E-state index contributed by atoms with van der Waals surface area (Å²) in [6, 6.07) is 7.01. The van der Waals surface area contributed by atoms with E-state index in [1.807, 2.05) is 22.6 Å². The van der Waals surface area contributed by atoms with E-state index in [-0.39, 0.29) is 11.7 Å². The van der Waals surface area contributed by atoms with E-state index in [4.69, 9.17) is 0 Å². The van der Waals surface area contributed by atoms with Crippen molar-refractivity contribution in [1.82, 2.24) is 0 Å². The molecule has 1 unspecified atom stereocenters. The molecule has 1 aromatic rings. The third kappa shape index (κ3) is 1.40. The number of hydrogen-bond donors (Lipinski definition) is 1. The number of para-hydroxylation sites is 1. The zero-order valence-electron chi connectivity index (χ0n) is 8.71. The number of halogens is 1. The van der Waals surface area contributed by atoms with Gasteiger partial charge in [-0.2, -0.15) is 0 Å². The first-order chi connectivity index (χ1) is 7.48. The molecule has 0 aliphatic carbocycles. The van der Waals surface area contributed by atoms with E-state index < -0.39 is 5.41 Å². The van der Waals surface area contributed by atoms with Gasteiger partial charge < -0.3 is 5.32 Å². The fraction of sp³-hybridized carbons (Fsp3) is 0.167. The number of hydrogen-bond acceptors (Lipinski definition) is 2. The van der Waals surface area contributed by atoms with Crippen LogP contribution in [0.25, 0.3) is 0 Å². The van der Waals surface area contributed by atoms with Crippen LogP contribution in [-0.2, 0) is 4.79 Å². The van der Waals surface area contributed by atoms with Crippen molar-refractivity contribution in [2.75, 3.05) is 5.32 Å². The molecule has 1 aliphatic heterocycles. The molecule has 16 heavy (non-hydrogen) atoms. The zero-order chi connectivity index (χ0) is 11.9. The minimum atomic E-state index is -1.16. The molecular formula is C12H10INO2. The van der Waals surface area contributed by atoms with E-state index in [1.165, 1.54) is 0 Å². The predicted molar refractivity (Wildman–Crippen MR) is 70.7 cm³/mol. The van der Waals surface area contributed by atoms with Gasteiger partial charge in [0.15, 0.2) is 5.78 Å². The normalized spacial score (nSPS) is 23.6. The number of amides is 1. The molecule has 82 valence electrons. The number of fused-ring (bicyclic) bond motifs is 1. The van der Waals surface area contributed by atoms with Gasteiger partial charge in [-0.05, 0) is 41.6 Å². The van der Waals surface area contributed by atoms with Crippen molar-refractivity contribution in [3.05, 3.63) is 40.0 Å². The molecule has 1 heterocycles. The molecular weight excluding hydrogens is 317 g/mol. The number of anilines is 1. The van der Waals surface area contributed by atoms with Crippen molar-refractivity contribution >= 4 is 40.0 Å². The van der Waals surface area contributed by atoms with Crippen LogP contribution in [0.3, 0.4) is 0 Å². The Labute approximate surface area is 107 Å². The van der Waals surface area contributed by atoms with Crippen LogP contribution in [0, 0.1) is 5.41 Å². The maximum absolute atomic E-state index is 12.3. The third-order valence-electron chi connectivity index (χ3n) is 2.87. The number of Topliss-reactive ketones (excluding diaryl/α,β-unsaturated/α-hetero) is 1. The summed E-state index contributed by atoms with van der Waals surface area (Å²) in [5.74, 6) is -0.498. The highest BCUT2D eigenvalue weighted by Crippen LogP contribution is 2.40. The Morgan fingerprint density at radius 3 is 2.62 bits per heavy atom. The Morgan fingerprint density at radius 1 is 1.38 bits per heavy atom. The van der Waals surface area contributed by atoms with Crippen LogP contribution in [0.5, 0.6) is 0 Å². The van der Waals surface area contributed by atoms with Gasteiger partial charge in [-0.3, -0.25) is 9.59 Å². The summed E-state index contributed by atoms with van der Waals surface area (Å²) in [7, 11) is 0. The number of nitrogens with one attached hydrogen (secondary N) is 1. The summed E-state index contributed by atoms with van der Waals surface area (Å²) in [5, 5.41) is 2.74. The van der Waals surface area contributed by atoms with E-state index in [0.29, 0.717) is 14.8 Å². The molecule has 0 aromatic heterocycles. The van der Waals surface area contributed by atoms with Gasteiger partial charge in [-0.25, -0.2) is 0 Å². The molecule has 0 saturated heterocycles. The zero-order valence-corrected chi connectivity index (χ0v) is 10.9. The standard InChI is InChI=1S/C12H10INO2/c1-7(13)12(2)10(15)8-5-3-4-6-9(8)14-11(12)16/h3-6H,1H2,2H3,(H,14,16). The summed E-state index contributed by atoms with van der Waals surface area (Å²) in [6.45, 7) is 5.34. The van der Waals surface area contributed by atoms with Crippen molar-refractivity contribution in [2.24, 2.45) is 5.41 Å². The van der Waals surface area contributed by atoms with Gasteiger partial charge in [0.25, 0.3) is 0 Å². The third-order valence-corrected chi connectivity index (χ3v) is 3.95. The van der Waals surface area contributed by atoms with Crippen molar-refractivity contribution < 1.29 is 9.59 Å². The molecule has 1 aliphatic rings. The fourth-order valence-corrected chi connectivity index (χ4v) is 2.15. The van der Waals surface area contributed by atoms with Gasteiger partial charge in [-0.15, -0.1) is 0 Å². The van der Waals surface area contributed by atoms with Crippen LogP contribution >= 0.6 is 22.6 Å². The second-order valence-electron chi connectivity index (χ2n) is 3.86. The van der Waals surface area contributed by atoms with Gasteiger partial charge in [0.05, 0.1) is 5.69 Å². The topological polar surface area (TPSA) is 46.2 Å². The molecule has 1 N–H and O–H groups in total. The Balaban J connectivity index is 2.63. The second kappa shape index (κ2) is 3.69. The minimum Gasteiger partial charge on any atom is -0.324 e. The first kappa shape index (κ1) is 11.3. The van der Waals surface area contributed by atoms with Gasteiger partial charge in [0.2, 0.25) is 5.91 Å². The Morgan fingerprint density at radius 2 is 2.00 bits per heavy atom. The lowest BCUT2D eigenvalue weighted by Gasteiger charge is -2.31. The van der Waals surface area contributed by atoms with Crippen LogP contribution in [-0.4, -0.2) is 11.7 Å². The lowest BCUT2D eigenvalue weighted by molar-refractivity contribution is -0.121. The fourth-order valence-electron chi connectivity index (χ4n) is 1.66. The molecule has 0 saturated carbocycles. The van der Waals surface area contributed by atoms with Gasteiger partial charge in [-0.1, -0.05) is 18.7 Å². The Kier molecular flexibility index (Phi) is 2.61. The van der Waals surface area contributed by atoms with Crippen molar-refractivity contribution in [1.29, 1.82) is 0 Å². The summed E-state index contributed by atoms with van der Waals surface area (Å²) in [5.41, 5.74) is -0.0374. The van der Waals surface area contributed by atoms with Crippen molar-refractivity contribution in [2.45, 2.75) is 6.92 Å². The highest BCUT2D eigenvalue weighted by Gasteiger charge is 2.47. The molecule has 1 aromatic carbocycles. The van der Waals surface area contributed by atoms with E-state index in [2.05, 4.69) is 11.9 Å². The number of benzene rings is 1. The van der Waals surface area contributed by atoms with E-state index >= 15 is 0 Å². The maximum Gasteiger partial charge on any atom is 0.243 e. The number of carbonyl (C=O) groups excluding carboxylic acids is 2. The molecule has 2 rings (SSSR count). The highest BCUT2D eigenvalue weighted by atomic mass is 127. The molecule has 0 bridgehead atoms. The number of carbonyl (C=O) groups is 2. The van der Waals surface area contributed by atoms with Crippen LogP contribution in [0.1, 0.15) is 17.3 Å². The average Bonchev–Trinajstić information content (AvgIpc) is 2.26. The number of ketones is 1. The Hall–Kier alpha value is -1.17. The van der Waals surface area contributed by atoms with Crippen LogP contribution in [0.4, 0.5) is 5.69 Å². The first-order valence-corrected chi connectivity index (χ1v) is 5.86. The van der Waals surface area contributed by atoms with Gasteiger partial charge in [0, 0.05) is 9.14 Å². The number of rotatable bonds is 1. The average molecular weight is 327 g/mol. The van der Waals surface area contributed by atoms with E-state index in [1.54, 1.807) is 31.2 Å². The smallest absolute Gasteiger partial charge is 0.243 e.